The van der Waals surface area contributed by atoms with Gasteiger partial charge in [-0.05, 0) is 52.7 Å². The number of ether oxygens (including phenoxy) is 1. The molecule has 1 N–H and O–H groups in total. The highest BCUT2D eigenvalue weighted by Gasteiger charge is 2.52. The van der Waals surface area contributed by atoms with Crippen molar-refractivity contribution >= 4 is 18.5 Å². The van der Waals surface area contributed by atoms with E-state index < -0.39 is 35.9 Å². The van der Waals surface area contributed by atoms with Crippen LogP contribution < -0.4 is 10.8 Å². The topological polar surface area (TPSA) is 56.8 Å². The van der Waals surface area contributed by atoms with E-state index in [0.717, 1.165) is 12.1 Å². The molecule has 2 fully saturated rings. The van der Waals surface area contributed by atoms with E-state index in [4.69, 9.17) is 14.0 Å². The molecule has 1 aromatic carbocycles. The Morgan fingerprint density at radius 2 is 1.65 bits per heavy atom. The zero-order valence-corrected chi connectivity index (χ0v) is 15.5. The molecule has 142 valence electrons. The van der Waals surface area contributed by atoms with Gasteiger partial charge in [0.1, 0.15) is 11.6 Å². The lowest BCUT2D eigenvalue weighted by Gasteiger charge is -2.32. The molecule has 5 nitrogen and oxygen atoms in total. The molecule has 2 saturated heterocycles. The molecule has 0 atom stereocenters. The highest BCUT2D eigenvalue weighted by atomic mass is 19.1. The molecule has 0 unspecified atom stereocenters. The Labute approximate surface area is 152 Å². The molecule has 26 heavy (non-hydrogen) atoms. The highest BCUT2D eigenvalue weighted by molar-refractivity contribution is 6.62. The number of carbonyl (C=O) groups is 1. The molecule has 1 aromatic rings. The summed E-state index contributed by atoms with van der Waals surface area (Å²) < 4.78 is 45.9. The Hall–Kier alpha value is -1.51. The van der Waals surface area contributed by atoms with E-state index in [1.807, 2.05) is 27.7 Å². The van der Waals surface area contributed by atoms with Crippen LogP contribution in [0.1, 0.15) is 50.9 Å². The van der Waals surface area contributed by atoms with Gasteiger partial charge in [-0.1, -0.05) is 0 Å². The van der Waals surface area contributed by atoms with Crippen molar-refractivity contribution in [1.82, 2.24) is 5.32 Å². The molecule has 3 rings (SSSR count). The third kappa shape index (κ3) is 3.63. The molecule has 0 spiro atoms. The predicted octanol–water partition coefficient (Wildman–Crippen LogP) is 2.17. The molecule has 2 aliphatic heterocycles. The molecular formula is C18H24BF2NO4. The van der Waals surface area contributed by atoms with Crippen LogP contribution in [0.25, 0.3) is 0 Å². The van der Waals surface area contributed by atoms with E-state index >= 15 is 0 Å². The first-order valence-corrected chi connectivity index (χ1v) is 8.84. The van der Waals surface area contributed by atoms with Gasteiger partial charge in [0.2, 0.25) is 0 Å². The number of hydrogen-bond donors (Lipinski definition) is 1. The first-order chi connectivity index (χ1) is 12.1. The fraction of sp³-hybridized carbons (Fsp3) is 0.611. The van der Waals surface area contributed by atoms with Crippen LogP contribution >= 0.6 is 0 Å². The molecule has 2 aliphatic rings. The van der Waals surface area contributed by atoms with E-state index in [-0.39, 0.29) is 17.1 Å². The second kappa shape index (κ2) is 6.90. The van der Waals surface area contributed by atoms with Gasteiger partial charge in [-0.25, -0.2) is 8.78 Å². The van der Waals surface area contributed by atoms with Crippen molar-refractivity contribution in [1.29, 1.82) is 0 Å². The van der Waals surface area contributed by atoms with Gasteiger partial charge in [0.25, 0.3) is 5.91 Å². The molecule has 8 heteroatoms. The second-order valence-corrected chi connectivity index (χ2v) is 7.80. The molecule has 0 radical (unpaired) electrons. The summed E-state index contributed by atoms with van der Waals surface area (Å²) >= 11 is 0. The van der Waals surface area contributed by atoms with E-state index in [1.54, 1.807) is 0 Å². The van der Waals surface area contributed by atoms with Crippen LogP contribution in [0.15, 0.2) is 12.1 Å². The van der Waals surface area contributed by atoms with Crippen molar-refractivity contribution in [3.63, 3.8) is 0 Å². The Balaban J connectivity index is 1.79. The Morgan fingerprint density at radius 3 is 2.23 bits per heavy atom. The molecule has 1 amide bonds. The van der Waals surface area contributed by atoms with Crippen LogP contribution in [-0.4, -0.2) is 43.5 Å². The third-order valence-electron chi connectivity index (χ3n) is 5.39. The van der Waals surface area contributed by atoms with E-state index in [1.165, 1.54) is 0 Å². The smallest absolute Gasteiger partial charge is 0.399 e. The van der Waals surface area contributed by atoms with Gasteiger partial charge in [-0.15, -0.1) is 0 Å². The summed E-state index contributed by atoms with van der Waals surface area (Å²) in [6.07, 6.45) is 1.31. The zero-order valence-electron chi connectivity index (χ0n) is 15.5. The Morgan fingerprint density at radius 1 is 1.08 bits per heavy atom. The first-order valence-electron chi connectivity index (χ1n) is 8.84. The summed E-state index contributed by atoms with van der Waals surface area (Å²) in [6.45, 7) is 8.41. The predicted molar refractivity (Wildman–Crippen MR) is 93.4 cm³/mol. The number of benzene rings is 1. The fourth-order valence-corrected chi connectivity index (χ4v) is 2.99. The van der Waals surface area contributed by atoms with E-state index in [2.05, 4.69) is 5.32 Å². The van der Waals surface area contributed by atoms with Crippen molar-refractivity contribution in [3.8, 4) is 0 Å². The molecular weight excluding hydrogens is 343 g/mol. The average Bonchev–Trinajstić information content (AvgIpc) is 2.78. The van der Waals surface area contributed by atoms with Crippen LogP contribution in [0.4, 0.5) is 8.78 Å². The molecule has 0 aliphatic carbocycles. The average molecular weight is 367 g/mol. The minimum Gasteiger partial charge on any atom is -0.399 e. The van der Waals surface area contributed by atoms with E-state index in [9.17, 15) is 13.6 Å². The second-order valence-electron chi connectivity index (χ2n) is 7.80. The van der Waals surface area contributed by atoms with Crippen LogP contribution in [0, 0.1) is 11.6 Å². The van der Waals surface area contributed by atoms with Crippen LogP contribution in [-0.2, 0) is 14.0 Å². The summed E-state index contributed by atoms with van der Waals surface area (Å²) in [4.78, 5) is 12.3. The highest BCUT2D eigenvalue weighted by Crippen LogP contribution is 2.36. The van der Waals surface area contributed by atoms with Gasteiger partial charge in [0.15, 0.2) is 0 Å². The minimum atomic E-state index is -1.03. The van der Waals surface area contributed by atoms with Crippen LogP contribution in [0.2, 0.25) is 0 Å². The minimum absolute atomic E-state index is 0.0521. The molecule has 0 saturated carbocycles. The van der Waals surface area contributed by atoms with Gasteiger partial charge >= 0.3 is 7.12 Å². The van der Waals surface area contributed by atoms with Gasteiger partial charge < -0.3 is 19.4 Å². The lowest BCUT2D eigenvalue weighted by molar-refractivity contribution is 0.00578. The fourth-order valence-electron chi connectivity index (χ4n) is 2.99. The summed E-state index contributed by atoms with van der Waals surface area (Å²) in [5, 5.41) is 2.73. The Kier molecular flexibility index (Phi) is 5.12. The molecule has 0 bridgehead atoms. The summed E-state index contributed by atoms with van der Waals surface area (Å²) in [6, 6.07) is 1.79. The lowest BCUT2D eigenvalue weighted by Crippen LogP contribution is -2.41. The quantitative estimate of drug-likeness (QED) is 0.833. The maximum Gasteiger partial charge on any atom is 0.497 e. The maximum absolute atomic E-state index is 14.6. The van der Waals surface area contributed by atoms with Gasteiger partial charge in [-0.2, -0.15) is 0 Å². The number of hydrogen-bond acceptors (Lipinski definition) is 4. The van der Waals surface area contributed by atoms with Crippen LogP contribution in [0.3, 0.4) is 0 Å². The SMILES string of the molecule is CC1(C)OB(c2cc(F)c(C(=O)NC3CCOCC3)cc2F)OC1(C)C. The zero-order chi connectivity index (χ0) is 19.1. The van der Waals surface area contributed by atoms with Crippen molar-refractivity contribution in [2.24, 2.45) is 0 Å². The van der Waals surface area contributed by atoms with Gasteiger partial charge in [0.05, 0.1) is 16.8 Å². The van der Waals surface area contributed by atoms with Gasteiger partial charge in [-0.3, -0.25) is 4.79 Å². The number of nitrogens with one attached hydrogen (secondary N) is 1. The standard InChI is InChI=1S/C18H24BF2NO4/c1-17(2)18(3,4)26-19(25-17)13-10-14(20)12(9-15(13)21)16(23)22-11-5-7-24-8-6-11/h9-11H,5-8H2,1-4H3,(H,22,23). The lowest BCUT2D eigenvalue weighted by atomic mass is 9.78. The largest absolute Gasteiger partial charge is 0.497 e. The Bertz CT molecular complexity index is 689. The van der Waals surface area contributed by atoms with Crippen molar-refractivity contribution in [2.75, 3.05) is 13.2 Å². The van der Waals surface area contributed by atoms with Gasteiger partial charge in [0, 0.05) is 24.7 Å². The number of amides is 1. The van der Waals surface area contributed by atoms with Crippen molar-refractivity contribution < 1.29 is 27.6 Å². The number of carbonyl (C=O) groups excluding carboxylic acids is 1. The number of rotatable bonds is 3. The summed E-state index contributed by atoms with van der Waals surface area (Å²) in [5.41, 5.74) is -1.71. The normalized spacial score (nSPS) is 22.5. The summed E-state index contributed by atoms with van der Waals surface area (Å²) in [7, 11) is -1.03. The van der Waals surface area contributed by atoms with Crippen LogP contribution in [0.5, 0.6) is 0 Å². The monoisotopic (exact) mass is 367 g/mol. The third-order valence-corrected chi connectivity index (χ3v) is 5.39. The van der Waals surface area contributed by atoms with Crippen molar-refractivity contribution in [2.45, 2.75) is 57.8 Å². The maximum atomic E-state index is 14.6. The molecule has 0 aromatic heterocycles. The summed E-state index contributed by atoms with van der Waals surface area (Å²) in [5.74, 6) is -2.17. The number of halogens is 2. The van der Waals surface area contributed by atoms with E-state index in [0.29, 0.717) is 26.1 Å². The first kappa shape index (κ1) is 19.3. The van der Waals surface area contributed by atoms with Crippen molar-refractivity contribution in [3.05, 3.63) is 29.3 Å². The molecule has 2 heterocycles.